The predicted octanol–water partition coefficient (Wildman–Crippen LogP) is 2.45. The number of ketones is 1. The van der Waals surface area contributed by atoms with Gasteiger partial charge in [0.25, 0.3) is 11.5 Å². The van der Waals surface area contributed by atoms with Crippen LogP contribution in [0.1, 0.15) is 72.4 Å². The lowest BCUT2D eigenvalue weighted by Crippen LogP contribution is -2.43. The van der Waals surface area contributed by atoms with Gasteiger partial charge in [0.05, 0.1) is 0 Å². The van der Waals surface area contributed by atoms with Crippen LogP contribution in [0.3, 0.4) is 0 Å². The number of H-pyrrole nitrogens is 1. The van der Waals surface area contributed by atoms with Crippen molar-refractivity contribution in [3.63, 3.8) is 0 Å². The van der Waals surface area contributed by atoms with Crippen LogP contribution in [0.4, 0.5) is 0 Å². The summed E-state index contributed by atoms with van der Waals surface area (Å²) in [6.07, 6.45) is 5.50. The second-order valence-corrected chi connectivity index (χ2v) is 7.18. The smallest absolute Gasteiger partial charge is 0.261 e. The van der Waals surface area contributed by atoms with Crippen molar-refractivity contribution in [1.29, 1.82) is 0 Å². The van der Waals surface area contributed by atoms with Gasteiger partial charge in [-0.15, -0.1) is 0 Å². The number of pyridine rings is 1. The first-order valence-electron chi connectivity index (χ1n) is 8.56. The summed E-state index contributed by atoms with van der Waals surface area (Å²) in [5.74, 6) is 0.301. The molecule has 3 atom stereocenters. The van der Waals surface area contributed by atoms with E-state index in [0.29, 0.717) is 30.0 Å². The number of Topliss-reactive ketones (excluding diaryl/α,β-unsaturated/α-hetero) is 1. The molecule has 0 unspecified atom stereocenters. The Bertz CT molecular complexity index is 692. The number of carbonyl (C=O) groups is 2. The zero-order valence-corrected chi connectivity index (χ0v) is 13.8. The van der Waals surface area contributed by atoms with Gasteiger partial charge in [-0.05, 0) is 37.2 Å². The quantitative estimate of drug-likeness (QED) is 0.879. The number of rotatable bonds is 2. The maximum Gasteiger partial charge on any atom is 0.261 e. The van der Waals surface area contributed by atoms with Crippen LogP contribution in [0.5, 0.6) is 0 Å². The summed E-state index contributed by atoms with van der Waals surface area (Å²) in [5.41, 5.74) is 0.835. The fourth-order valence-electron chi connectivity index (χ4n) is 3.77. The molecule has 0 bridgehead atoms. The van der Waals surface area contributed by atoms with E-state index in [1.165, 1.54) is 12.5 Å². The zero-order valence-electron chi connectivity index (χ0n) is 13.8. The first-order chi connectivity index (χ1) is 11.0. The molecular weight excluding hydrogens is 292 g/mol. The van der Waals surface area contributed by atoms with Crippen LogP contribution < -0.4 is 10.9 Å². The van der Waals surface area contributed by atoms with E-state index in [-0.39, 0.29) is 29.2 Å². The van der Waals surface area contributed by atoms with Crippen molar-refractivity contribution in [1.82, 2.24) is 10.3 Å². The van der Waals surface area contributed by atoms with Crippen LogP contribution in [0, 0.1) is 11.8 Å². The molecule has 124 valence electrons. The highest BCUT2D eigenvalue weighted by Crippen LogP contribution is 2.25. The first kappa shape index (κ1) is 16.0. The topological polar surface area (TPSA) is 79.0 Å². The first-order valence-corrected chi connectivity index (χ1v) is 8.56. The van der Waals surface area contributed by atoms with E-state index in [0.717, 1.165) is 19.3 Å². The van der Waals surface area contributed by atoms with Gasteiger partial charge in [-0.25, -0.2) is 0 Å². The fraction of sp³-hybridized carbons (Fsp3) is 0.611. The third-order valence-electron chi connectivity index (χ3n) is 5.18. The molecule has 5 heteroatoms. The summed E-state index contributed by atoms with van der Waals surface area (Å²) < 4.78 is 0. The number of aromatic nitrogens is 1. The van der Waals surface area contributed by atoms with Crippen molar-refractivity contribution < 1.29 is 9.59 Å². The van der Waals surface area contributed by atoms with E-state index in [9.17, 15) is 14.4 Å². The summed E-state index contributed by atoms with van der Waals surface area (Å²) in [6, 6.07) is 1.60. The van der Waals surface area contributed by atoms with Gasteiger partial charge in [0.2, 0.25) is 0 Å². The highest BCUT2D eigenvalue weighted by Gasteiger charge is 2.28. The van der Waals surface area contributed by atoms with E-state index >= 15 is 0 Å². The summed E-state index contributed by atoms with van der Waals surface area (Å²) in [4.78, 5) is 39.7. The molecule has 1 aromatic rings. The highest BCUT2D eigenvalue weighted by molar-refractivity contribution is 6.01. The number of hydrogen-bond donors (Lipinski definition) is 2. The van der Waals surface area contributed by atoms with Gasteiger partial charge in [-0.3, -0.25) is 14.4 Å². The van der Waals surface area contributed by atoms with Crippen molar-refractivity contribution in [3.8, 4) is 0 Å². The van der Waals surface area contributed by atoms with Crippen molar-refractivity contribution in [2.45, 2.75) is 58.4 Å². The maximum atomic E-state index is 12.5. The maximum absolute atomic E-state index is 12.5. The van der Waals surface area contributed by atoms with Crippen LogP contribution >= 0.6 is 0 Å². The summed E-state index contributed by atoms with van der Waals surface area (Å²) >= 11 is 0. The summed E-state index contributed by atoms with van der Waals surface area (Å²) in [6.45, 7) is 4.12. The van der Waals surface area contributed by atoms with Gasteiger partial charge in [0.15, 0.2) is 5.78 Å². The second-order valence-electron chi connectivity index (χ2n) is 7.18. The van der Waals surface area contributed by atoms with Crippen LogP contribution in [0.2, 0.25) is 0 Å². The SMILES string of the molecule is C[C@@H]1CC(=O)c2cc(C(=O)N[C@@H]3CCCC[C@H]3C)c(=O)[nH]c2C1. The normalized spacial score (nSPS) is 27.4. The number of nitrogens with one attached hydrogen (secondary N) is 2. The third-order valence-corrected chi connectivity index (χ3v) is 5.18. The van der Waals surface area contributed by atoms with Gasteiger partial charge in [0, 0.05) is 23.7 Å². The highest BCUT2D eigenvalue weighted by atomic mass is 16.2. The van der Waals surface area contributed by atoms with E-state index < -0.39 is 5.56 Å². The monoisotopic (exact) mass is 316 g/mol. The Kier molecular flexibility index (Phi) is 4.37. The Labute approximate surface area is 135 Å². The average Bonchev–Trinajstić information content (AvgIpc) is 2.48. The van der Waals surface area contributed by atoms with Crippen molar-refractivity contribution in [3.05, 3.63) is 33.2 Å². The standard InChI is InChI=1S/C18H24N2O3/c1-10-7-15-12(16(21)8-10)9-13(18(23)20-15)17(22)19-14-6-4-3-5-11(14)2/h9-11,14H,3-8H2,1-2H3,(H,19,22)(H,20,23)/t10-,11+,14+/m0/s1. The molecule has 0 radical (unpaired) electrons. The number of fused-ring (bicyclic) bond motifs is 1. The Morgan fingerprint density at radius 3 is 2.65 bits per heavy atom. The van der Waals surface area contributed by atoms with Crippen molar-refractivity contribution >= 4 is 11.7 Å². The molecule has 1 heterocycles. The Morgan fingerprint density at radius 2 is 1.91 bits per heavy atom. The number of hydrogen-bond acceptors (Lipinski definition) is 3. The molecule has 2 N–H and O–H groups in total. The molecular formula is C18H24N2O3. The Morgan fingerprint density at radius 1 is 1.17 bits per heavy atom. The van der Waals surface area contributed by atoms with Crippen molar-refractivity contribution in [2.24, 2.45) is 11.8 Å². The molecule has 1 saturated carbocycles. The largest absolute Gasteiger partial charge is 0.349 e. The Hall–Kier alpha value is -1.91. The molecule has 2 aliphatic carbocycles. The van der Waals surface area contributed by atoms with Gasteiger partial charge in [-0.2, -0.15) is 0 Å². The molecule has 3 rings (SSSR count). The molecule has 1 aromatic heterocycles. The minimum Gasteiger partial charge on any atom is -0.349 e. The average molecular weight is 316 g/mol. The molecule has 5 nitrogen and oxygen atoms in total. The lowest BCUT2D eigenvalue weighted by atomic mass is 9.85. The predicted molar refractivity (Wildman–Crippen MR) is 87.8 cm³/mol. The van der Waals surface area contributed by atoms with Gasteiger partial charge < -0.3 is 10.3 Å². The van der Waals surface area contributed by atoms with Gasteiger partial charge in [-0.1, -0.05) is 26.7 Å². The molecule has 23 heavy (non-hydrogen) atoms. The molecule has 0 saturated heterocycles. The summed E-state index contributed by atoms with van der Waals surface area (Å²) in [5, 5.41) is 2.99. The zero-order chi connectivity index (χ0) is 16.6. The fourth-order valence-corrected chi connectivity index (χ4v) is 3.77. The van der Waals surface area contributed by atoms with Crippen molar-refractivity contribution in [2.75, 3.05) is 0 Å². The Balaban J connectivity index is 1.85. The van der Waals surface area contributed by atoms with E-state index in [1.54, 1.807) is 0 Å². The molecule has 2 aliphatic rings. The van der Waals surface area contributed by atoms with Crippen LogP contribution in [-0.2, 0) is 6.42 Å². The third kappa shape index (κ3) is 3.23. The lowest BCUT2D eigenvalue weighted by Gasteiger charge is -2.29. The van der Waals surface area contributed by atoms with Crippen LogP contribution in [0.25, 0.3) is 0 Å². The van der Waals surface area contributed by atoms with E-state index in [2.05, 4.69) is 17.2 Å². The molecule has 0 aromatic carbocycles. The minimum atomic E-state index is -0.397. The van der Waals surface area contributed by atoms with E-state index in [1.807, 2.05) is 6.92 Å². The van der Waals surface area contributed by atoms with E-state index in [4.69, 9.17) is 0 Å². The molecule has 1 fully saturated rings. The number of aromatic amines is 1. The van der Waals surface area contributed by atoms with Gasteiger partial charge in [0.1, 0.15) is 5.56 Å². The number of amides is 1. The summed E-state index contributed by atoms with van der Waals surface area (Å²) in [7, 11) is 0. The van der Waals surface area contributed by atoms with Crippen LogP contribution in [-0.4, -0.2) is 22.7 Å². The van der Waals surface area contributed by atoms with Gasteiger partial charge >= 0.3 is 0 Å². The number of carbonyl (C=O) groups excluding carboxylic acids is 2. The minimum absolute atomic E-state index is 0.00934. The molecule has 0 spiro atoms. The molecule has 0 aliphatic heterocycles. The van der Waals surface area contributed by atoms with Crippen LogP contribution in [0.15, 0.2) is 10.9 Å². The lowest BCUT2D eigenvalue weighted by molar-refractivity contribution is 0.0908. The second kappa shape index (κ2) is 6.30. The molecule has 1 amide bonds.